The van der Waals surface area contributed by atoms with Gasteiger partial charge in [0.2, 0.25) is 5.91 Å². The van der Waals surface area contributed by atoms with Crippen molar-refractivity contribution in [3.05, 3.63) is 0 Å². The zero-order chi connectivity index (χ0) is 13.1. The van der Waals surface area contributed by atoms with Crippen LogP contribution in [0.5, 0.6) is 0 Å². The Balaban J connectivity index is 3.07. The van der Waals surface area contributed by atoms with Crippen LogP contribution in [0.4, 0.5) is 8.78 Å². The number of rotatable bonds is 4. The normalized spacial score (nSPS) is 20.6. The largest absolute Gasteiger partial charge is 0.370 e. The molecule has 1 rings (SSSR count). The number of amides is 2. The number of primary amides is 2. The third-order valence-electron chi connectivity index (χ3n) is 3.55. The van der Waals surface area contributed by atoms with E-state index in [1.165, 1.54) is 0 Å². The van der Waals surface area contributed by atoms with Crippen molar-refractivity contribution in [2.24, 2.45) is 16.9 Å². The summed E-state index contributed by atoms with van der Waals surface area (Å²) in [7, 11) is 0. The fraction of sp³-hybridized carbons (Fsp3) is 0.818. The lowest BCUT2D eigenvalue weighted by Crippen LogP contribution is -2.52. The lowest BCUT2D eigenvalue weighted by atomic mass is 9.71. The minimum atomic E-state index is -3.67. The zero-order valence-corrected chi connectivity index (χ0v) is 9.68. The van der Waals surface area contributed by atoms with E-state index >= 15 is 0 Å². The summed E-state index contributed by atoms with van der Waals surface area (Å²) in [6.45, 7) is 0. The van der Waals surface area contributed by atoms with Gasteiger partial charge in [-0.25, -0.2) is 0 Å². The van der Waals surface area contributed by atoms with E-state index in [4.69, 9.17) is 11.5 Å². The number of alkyl halides is 2. The molecule has 2 amide bonds. The first-order valence-corrected chi connectivity index (χ1v) is 5.78. The van der Waals surface area contributed by atoms with Gasteiger partial charge in [-0.05, 0) is 12.8 Å². The summed E-state index contributed by atoms with van der Waals surface area (Å²) in [5.41, 5.74) is 8.12. The lowest BCUT2D eigenvalue weighted by Gasteiger charge is -2.37. The van der Waals surface area contributed by atoms with Gasteiger partial charge in [-0.2, -0.15) is 8.78 Å². The van der Waals surface area contributed by atoms with E-state index in [0.29, 0.717) is 12.8 Å². The third kappa shape index (κ3) is 2.73. The molecule has 98 valence electrons. The monoisotopic (exact) mass is 248 g/mol. The number of halogens is 2. The highest BCUT2D eigenvalue weighted by Gasteiger charge is 2.57. The number of hydrogen-bond donors (Lipinski definition) is 2. The number of nitrogens with two attached hydrogens (primary N) is 2. The van der Waals surface area contributed by atoms with Crippen molar-refractivity contribution < 1.29 is 18.4 Å². The predicted molar refractivity (Wildman–Crippen MR) is 58.1 cm³/mol. The second-order valence-corrected chi connectivity index (χ2v) is 4.78. The lowest BCUT2D eigenvalue weighted by molar-refractivity contribution is -0.171. The maximum Gasteiger partial charge on any atom is 0.330 e. The van der Waals surface area contributed by atoms with Gasteiger partial charge in [0.25, 0.3) is 5.91 Å². The Morgan fingerprint density at radius 3 is 1.88 bits per heavy atom. The van der Waals surface area contributed by atoms with E-state index in [2.05, 4.69) is 0 Å². The Morgan fingerprint density at radius 1 is 1.06 bits per heavy atom. The molecule has 6 heteroatoms. The average molecular weight is 248 g/mol. The Kier molecular flexibility index (Phi) is 4.06. The highest BCUT2D eigenvalue weighted by atomic mass is 19.3. The summed E-state index contributed by atoms with van der Waals surface area (Å²) in [6.07, 6.45) is 2.54. The molecule has 4 nitrogen and oxygen atoms in total. The molecule has 0 heterocycles. The molecule has 1 saturated carbocycles. The van der Waals surface area contributed by atoms with Gasteiger partial charge in [0.1, 0.15) is 0 Å². The smallest absolute Gasteiger partial charge is 0.330 e. The minimum absolute atomic E-state index is 0.117. The summed E-state index contributed by atoms with van der Waals surface area (Å²) in [4.78, 5) is 21.9. The van der Waals surface area contributed by atoms with E-state index < -0.39 is 29.6 Å². The SMILES string of the molecule is NC(=O)CC1(C(F)(F)C(N)=O)CCCCCC1. The van der Waals surface area contributed by atoms with Crippen molar-refractivity contribution in [3.8, 4) is 0 Å². The number of carbonyl (C=O) groups excluding carboxylic acids is 2. The Morgan fingerprint density at radius 2 is 1.53 bits per heavy atom. The minimum Gasteiger partial charge on any atom is -0.370 e. The van der Waals surface area contributed by atoms with Crippen LogP contribution in [0.25, 0.3) is 0 Å². The molecule has 0 unspecified atom stereocenters. The van der Waals surface area contributed by atoms with Gasteiger partial charge in [-0.15, -0.1) is 0 Å². The maximum atomic E-state index is 13.9. The average Bonchev–Trinajstić information content (AvgIpc) is 2.43. The van der Waals surface area contributed by atoms with Crippen LogP contribution >= 0.6 is 0 Å². The fourth-order valence-corrected chi connectivity index (χ4v) is 2.60. The molecule has 1 aliphatic carbocycles. The van der Waals surface area contributed by atoms with E-state index in [1.807, 2.05) is 0 Å². The molecule has 0 spiro atoms. The van der Waals surface area contributed by atoms with Crippen LogP contribution in [0.15, 0.2) is 0 Å². The summed E-state index contributed by atoms with van der Waals surface area (Å²) in [5, 5.41) is 0. The van der Waals surface area contributed by atoms with Gasteiger partial charge in [0.05, 0.1) is 5.41 Å². The standard InChI is InChI=1S/C11H18F2N2O2/c12-11(13,9(15)17)10(7-8(14)16)5-3-1-2-4-6-10/h1-7H2,(H2,14,16)(H2,15,17). The molecule has 0 aromatic heterocycles. The van der Waals surface area contributed by atoms with Crippen molar-refractivity contribution in [1.29, 1.82) is 0 Å². The predicted octanol–water partition coefficient (Wildman–Crippen LogP) is 1.32. The van der Waals surface area contributed by atoms with Gasteiger partial charge in [0, 0.05) is 6.42 Å². The molecule has 0 aliphatic heterocycles. The molecule has 0 bridgehead atoms. The fourth-order valence-electron chi connectivity index (χ4n) is 2.60. The molecule has 0 aromatic rings. The first-order valence-electron chi connectivity index (χ1n) is 5.78. The van der Waals surface area contributed by atoms with Crippen LogP contribution in [-0.4, -0.2) is 17.7 Å². The van der Waals surface area contributed by atoms with E-state index in [0.717, 1.165) is 12.8 Å². The summed E-state index contributed by atoms with van der Waals surface area (Å²) < 4.78 is 27.9. The van der Waals surface area contributed by atoms with Crippen LogP contribution in [0.3, 0.4) is 0 Å². The molecule has 0 atom stereocenters. The van der Waals surface area contributed by atoms with Gasteiger partial charge >= 0.3 is 5.92 Å². The molecule has 17 heavy (non-hydrogen) atoms. The van der Waals surface area contributed by atoms with E-state index in [-0.39, 0.29) is 12.8 Å². The van der Waals surface area contributed by atoms with E-state index in [9.17, 15) is 18.4 Å². The quantitative estimate of drug-likeness (QED) is 0.735. The van der Waals surface area contributed by atoms with Gasteiger partial charge in [-0.1, -0.05) is 25.7 Å². The molecular formula is C11H18F2N2O2. The van der Waals surface area contributed by atoms with Gasteiger partial charge < -0.3 is 11.5 Å². The van der Waals surface area contributed by atoms with E-state index in [1.54, 1.807) is 0 Å². The topological polar surface area (TPSA) is 86.2 Å². The van der Waals surface area contributed by atoms with Crippen molar-refractivity contribution in [2.45, 2.75) is 50.9 Å². The van der Waals surface area contributed by atoms with Crippen molar-refractivity contribution in [3.63, 3.8) is 0 Å². The van der Waals surface area contributed by atoms with Crippen molar-refractivity contribution in [1.82, 2.24) is 0 Å². The third-order valence-corrected chi connectivity index (χ3v) is 3.55. The molecule has 4 N–H and O–H groups in total. The Bertz CT molecular complexity index is 311. The van der Waals surface area contributed by atoms with Crippen LogP contribution in [0, 0.1) is 5.41 Å². The number of hydrogen-bond acceptors (Lipinski definition) is 2. The molecule has 1 fully saturated rings. The van der Waals surface area contributed by atoms with Crippen LogP contribution in [0.1, 0.15) is 44.9 Å². The second kappa shape index (κ2) is 4.98. The molecule has 0 saturated heterocycles. The molecular weight excluding hydrogens is 230 g/mol. The van der Waals surface area contributed by atoms with Gasteiger partial charge in [0.15, 0.2) is 0 Å². The first-order chi connectivity index (χ1) is 7.82. The Labute approximate surface area is 98.7 Å². The second-order valence-electron chi connectivity index (χ2n) is 4.78. The molecule has 0 aromatic carbocycles. The summed E-state index contributed by atoms with van der Waals surface area (Å²) in [5.74, 6) is -6.15. The first kappa shape index (κ1) is 13.9. The van der Waals surface area contributed by atoms with Crippen LogP contribution < -0.4 is 11.5 Å². The highest BCUT2D eigenvalue weighted by Crippen LogP contribution is 2.49. The van der Waals surface area contributed by atoms with Crippen molar-refractivity contribution in [2.75, 3.05) is 0 Å². The maximum absolute atomic E-state index is 13.9. The molecule has 0 radical (unpaired) electrons. The number of carbonyl (C=O) groups is 2. The summed E-state index contributed by atoms with van der Waals surface area (Å²) >= 11 is 0. The van der Waals surface area contributed by atoms with Gasteiger partial charge in [-0.3, -0.25) is 9.59 Å². The summed E-state index contributed by atoms with van der Waals surface area (Å²) in [6, 6.07) is 0. The van der Waals surface area contributed by atoms with Crippen LogP contribution in [0.2, 0.25) is 0 Å². The Hall–Kier alpha value is -1.20. The van der Waals surface area contributed by atoms with Crippen LogP contribution in [-0.2, 0) is 9.59 Å². The molecule has 1 aliphatic rings. The highest BCUT2D eigenvalue weighted by molar-refractivity contribution is 5.84. The van der Waals surface area contributed by atoms with Crippen molar-refractivity contribution >= 4 is 11.8 Å². The zero-order valence-electron chi connectivity index (χ0n) is 9.68.